The summed E-state index contributed by atoms with van der Waals surface area (Å²) in [5.41, 5.74) is 1.11. The van der Waals surface area contributed by atoms with Crippen LogP contribution in [0.3, 0.4) is 0 Å². The molecule has 0 aromatic carbocycles. The molecule has 1 radical (unpaired) electrons. The van der Waals surface area contributed by atoms with Crippen molar-refractivity contribution in [3.8, 4) is 23.1 Å². The van der Waals surface area contributed by atoms with Crippen molar-refractivity contribution in [3.63, 3.8) is 0 Å². The number of halogens is 1. The van der Waals surface area contributed by atoms with Gasteiger partial charge >= 0.3 is 6.01 Å². The fourth-order valence-electron chi connectivity index (χ4n) is 1.20. The predicted molar refractivity (Wildman–Crippen MR) is 60.0 cm³/mol. The van der Waals surface area contributed by atoms with Gasteiger partial charge in [0.2, 0.25) is 5.88 Å². The highest BCUT2D eigenvalue weighted by atomic mass is 35.5. The molecule has 7 heteroatoms. The Balaban J connectivity index is 2.47. The molecule has 0 aliphatic heterocycles. The van der Waals surface area contributed by atoms with Crippen molar-refractivity contribution in [1.29, 1.82) is 0 Å². The molecule has 0 saturated carbocycles. The van der Waals surface area contributed by atoms with Gasteiger partial charge in [0.05, 0.1) is 19.8 Å². The molecule has 0 aliphatic carbocycles. The molecule has 87 valence electrons. The Morgan fingerprint density at radius 3 is 2.65 bits per heavy atom. The molecule has 2 rings (SSSR count). The normalized spacial score (nSPS) is 10.1. The van der Waals surface area contributed by atoms with Crippen LogP contribution < -0.4 is 9.47 Å². The Bertz CT molecular complexity index is 518. The molecule has 0 spiro atoms. The second kappa shape index (κ2) is 4.92. The van der Waals surface area contributed by atoms with Gasteiger partial charge in [-0.05, 0) is 6.07 Å². The van der Waals surface area contributed by atoms with E-state index in [9.17, 15) is 0 Å². The molecule has 0 fully saturated rings. The number of hydrogen-bond acceptors (Lipinski definition) is 6. The predicted octanol–water partition coefficient (Wildman–Crippen LogP) is 1.40. The van der Waals surface area contributed by atoms with E-state index in [0.29, 0.717) is 17.1 Å². The van der Waals surface area contributed by atoms with Gasteiger partial charge in [0, 0.05) is 12.3 Å². The van der Waals surface area contributed by atoms with E-state index in [0.717, 1.165) is 0 Å². The van der Waals surface area contributed by atoms with E-state index < -0.39 is 0 Å². The summed E-state index contributed by atoms with van der Waals surface area (Å²) in [7, 11) is 2.97. The monoisotopic (exact) mass is 251 g/mol. The SMILES string of the molecule is COc1ncc(-c2c[c]c(Cl)nn2)c(OC)n1. The van der Waals surface area contributed by atoms with Crippen LogP contribution in [0.2, 0.25) is 5.15 Å². The maximum Gasteiger partial charge on any atom is 0.319 e. The number of ether oxygens (including phenoxy) is 2. The van der Waals surface area contributed by atoms with Crippen LogP contribution in [0.15, 0.2) is 12.3 Å². The lowest BCUT2D eigenvalue weighted by molar-refractivity contribution is 0.353. The van der Waals surface area contributed by atoms with Gasteiger partial charge in [-0.2, -0.15) is 4.98 Å². The van der Waals surface area contributed by atoms with Crippen LogP contribution in [-0.2, 0) is 0 Å². The Morgan fingerprint density at radius 2 is 2.06 bits per heavy atom. The highest BCUT2D eigenvalue weighted by Gasteiger charge is 2.11. The van der Waals surface area contributed by atoms with Gasteiger partial charge in [0.1, 0.15) is 5.69 Å². The number of methoxy groups -OCH3 is 2. The fraction of sp³-hybridized carbons (Fsp3) is 0.200. The lowest BCUT2D eigenvalue weighted by atomic mass is 10.2. The molecule has 0 amide bonds. The van der Waals surface area contributed by atoms with Crippen molar-refractivity contribution in [1.82, 2.24) is 20.2 Å². The minimum atomic E-state index is 0.196. The van der Waals surface area contributed by atoms with Gasteiger partial charge in [0.15, 0.2) is 5.15 Å². The maximum absolute atomic E-state index is 5.61. The standard InChI is InChI=1S/C10H8ClN4O2/c1-16-9-6(5-12-10(13-9)17-2)7-3-4-8(11)15-14-7/h3,5H,1-2H3. The summed E-state index contributed by atoms with van der Waals surface area (Å²) in [6.45, 7) is 0. The van der Waals surface area contributed by atoms with E-state index in [1.807, 2.05) is 0 Å². The van der Waals surface area contributed by atoms with Crippen molar-refractivity contribution in [3.05, 3.63) is 23.5 Å². The molecule has 0 saturated heterocycles. The third kappa shape index (κ3) is 2.42. The number of aromatic nitrogens is 4. The highest BCUT2D eigenvalue weighted by Crippen LogP contribution is 2.26. The van der Waals surface area contributed by atoms with E-state index in [4.69, 9.17) is 21.1 Å². The first kappa shape index (κ1) is 11.5. The first-order valence-corrected chi connectivity index (χ1v) is 4.98. The summed E-state index contributed by atoms with van der Waals surface area (Å²) in [5, 5.41) is 7.79. The fourth-order valence-corrected chi connectivity index (χ4v) is 1.29. The average Bonchev–Trinajstić information content (AvgIpc) is 2.39. The molecule has 0 aliphatic rings. The minimum Gasteiger partial charge on any atom is -0.480 e. The van der Waals surface area contributed by atoms with Gasteiger partial charge in [-0.15, -0.1) is 10.2 Å². The zero-order chi connectivity index (χ0) is 12.3. The number of nitrogens with zero attached hydrogens (tertiary/aromatic N) is 4. The molecular formula is C10H8ClN4O2. The maximum atomic E-state index is 5.61. The van der Waals surface area contributed by atoms with Crippen molar-refractivity contribution in [2.24, 2.45) is 0 Å². The van der Waals surface area contributed by atoms with E-state index >= 15 is 0 Å². The van der Waals surface area contributed by atoms with Crippen LogP contribution in [-0.4, -0.2) is 34.4 Å². The molecule has 2 heterocycles. The van der Waals surface area contributed by atoms with Crippen LogP contribution in [0.4, 0.5) is 0 Å². The zero-order valence-electron chi connectivity index (χ0n) is 9.14. The van der Waals surface area contributed by atoms with Gasteiger partial charge in [0.25, 0.3) is 0 Å². The first-order valence-electron chi connectivity index (χ1n) is 4.61. The molecule has 0 atom stereocenters. The Morgan fingerprint density at radius 1 is 1.24 bits per heavy atom. The van der Waals surface area contributed by atoms with Crippen molar-refractivity contribution in [2.75, 3.05) is 14.2 Å². The molecule has 0 bridgehead atoms. The Kier molecular flexibility index (Phi) is 3.34. The summed E-state index contributed by atoms with van der Waals surface area (Å²) < 4.78 is 10.0. The lowest BCUT2D eigenvalue weighted by Gasteiger charge is -2.06. The summed E-state index contributed by atoms with van der Waals surface area (Å²) >= 11 is 5.61. The van der Waals surface area contributed by atoms with E-state index in [1.165, 1.54) is 20.4 Å². The molecule has 0 unspecified atom stereocenters. The number of hydrogen-bond donors (Lipinski definition) is 0. The van der Waals surface area contributed by atoms with Crippen molar-refractivity contribution < 1.29 is 9.47 Å². The van der Waals surface area contributed by atoms with Gasteiger partial charge in [-0.25, -0.2) is 4.98 Å². The van der Waals surface area contributed by atoms with Crippen molar-refractivity contribution in [2.45, 2.75) is 0 Å². The van der Waals surface area contributed by atoms with Crippen LogP contribution in [0.25, 0.3) is 11.3 Å². The molecule has 2 aromatic heterocycles. The minimum absolute atomic E-state index is 0.196. The summed E-state index contributed by atoms with van der Waals surface area (Å²) in [6.07, 6.45) is 1.54. The lowest BCUT2D eigenvalue weighted by Crippen LogP contribution is -1.99. The number of rotatable bonds is 3. The largest absolute Gasteiger partial charge is 0.480 e. The van der Waals surface area contributed by atoms with E-state index in [1.54, 1.807) is 6.07 Å². The van der Waals surface area contributed by atoms with E-state index in [2.05, 4.69) is 26.2 Å². The second-order valence-corrected chi connectivity index (χ2v) is 3.30. The molecule has 0 N–H and O–H groups in total. The quantitative estimate of drug-likeness (QED) is 0.821. The third-order valence-corrected chi connectivity index (χ3v) is 2.14. The van der Waals surface area contributed by atoms with Crippen LogP contribution in [0.5, 0.6) is 11.9 Å². The Labute approximate surface area is 103 Å². The van der Waals surface area contributed by atoms with Crippen LogP contribution >= 0.6 is 11.6 Å². The highest BCUT2D eigenvalue weighted by molar-refractivity contribution is 6.29. The Hall–Kier alpha value is -1.95. The van der Waals surface area contributed by atoms with Crippen LogP contribution in [0.1, 0.15) is 0 Å². The van der Waals surface area contributed by atoms with Gasteiger partial charge in [-0.1, -0.05) is 11.6 Å². The van der Waals surface area contributed by atoms with Gasteiger partial charge in [-0.3, -0.25) is 0 Å². The molecule has 17 heavy (non-hydrogen) atoms. The third-order valence-electron chi connectivity index (χ3n) is 1.96. The first-order chi connectivity index (χ1) is 8.24. The topological polar surface area (TPSA) is 70.0 Å². The zero-order valence-corrected chi connectivity index (χ0v) is 9.89. The van der Waals surface area contributed by atoms with Gasteiger partial charge < -0.3 is 9.47 Å². The molecular weight excluding hydrogens is 244 g/mol. The smallest absolute Gasteiger partial charge is 0.319 e. The van der Waals surface area contributed by atoms with Crippen LogP contribution in [0, 0.1) is 6.07 Å². The summed E-state index contributed by atoms with van der Waals surface area (Å²) in [5.74, 6) is 0.349. The van der Waals surface area contributed by atoms with Crippen molar-refractivity contribution >= 4 is 11.6 Å². The molecule has 2 aromatic rings. The summed E-state index contributed by atoms with van der Waals surface area (Å²) in [6, 6.07) is 4.53. The summed E-state index contributed by atoms with van der Waals surface area (Å²) in [4.78, 5) is 8.01. The average molecular weight is 252 g/mol. The van der Waals surface area contributed by atoms with E-state index in [-0.39, 0.29) is 11.2 Å². The molecule has 6 nitrogen and oxygen atoms in total. The second-order valence-electron chi connectivity index (χ2n) is 2.94.